The van der Waals surface area contributed by atoms with Gasteiger partial charge in [0.15, 0.2) is 0 Å². The molecule has 1 saturated heterocycles. The molecule has 18 heavy (non-hydrogen) atoms. The molecule has 0 spiro atoms. The lowest BCUT2D eigenvalue weighted by Gasteiger charge is -2.14. The highest BCUT2D eigenvalue weighted by molar-refractivity contribution is 7.89. The van der Waals surface area contributed by atoms with Crippen LogP contribution in [-0.4, -0.2) is 27.7 Å². The van der Waals surface area contributed by atoms with Crippen molar-refractivity contribution >= 4 is 10.0 Å². The van der Waals surface area contributed by atoms with Gasteiger partial charge in [0.1, 0.15) is 5.82 Å². The Bertz CT molecular complexity index is 501. The van der Waals surface area contributed by atoms with Crippen LogP contribution >= 0.6 is 0 Å². The Balaban J connectivity index is 2.01. The van der Waals surface area contributed by atoms with Crippen molar-refractivity contribution in [1.29, 1.82) is 0 Å². The zero-order valence-corrected chi connectivity index (χ0v) is 10.9. The molecular weight excluding hydrogens is 257 g/mol. The van der Waals surface area contributed by atoms with Gasteiger partial charge >= 0.3 is 0 Å². The van der Waals surface area contributed by atoms with Gasteiger partial charge in [0, 0.05) is 19.1 Å². The van der Waals surface area contributed by atoms with Gasteiger partial charge in [0.2, 0.25) is 10.0 Å². The summed E-state index contributed by atoms with van der Waals surface area (Å²) < 4.78 is 44.5. The first-order chi connectivity index (χ1) is 8.49. The molecule has 0 amide bonds. The number of halogens is 1. The molecule has 0 bridgehead atoms. The van der Waals surface area contributed by atoms with Gasteiger partial charge in [0.25, 0.3) is 0 Å². The SMILES string of the molecule is CC1OCCC1CNS(=O)(=O)c1ccc(F)cc1. The average Bonchev–Trinajstić information content (AvgIpc) is 2.73. The van der Waals surface area contributed by atoms with E-state index in [-0.39, 0.29) is 16.9 Å². The van der Waals surface area contributed by atoms with Crippen LogP contribution < -0.4 is 4.72 Å². The molecule has 1 heterocycles. The third-order valence-corrected chi connectivity index (χ3v) is 4.63. The standard InChI is InChI=1S/C12H16FNO3S/c1-9-10(6-7-17-9)8-14-18(15,16)12-4-2-11(13)3-5-12/h2-5,9-10,14H,6-8H2,1H3. The maximum atomic E-state index is 12.7. The third kappa shape index (κ3) is 3.07. The average molecular weight is 273 g/mol. The quantitative estimate of drug-likeness (QED) is 0.905. The minimum atomic E-state index is -3.56. The number of hydrogen-bond donors (Lipinski definition) is 1. The number of benzene rings is 1. The summed E-state index contributed by atoms with van der Waals surface area (Å²) in [6, 6.07) is 4.78. The van der Waals surface area contributed by atoms with Gasteiger partial charge in [-0.05, 0) is 37.6 Å². The van der Waals surface area contributed by atoms with E-state index in [0.717, 1.165) is 18.6 Å². The highest BCUT2D eigenvalue weighted by Crippen LogP contribution is 2.20. The summed E-state index contributed by atoms with van der Waals surface area (Å²) in [5.41, 5.74) is 0. The molecule has 0 aliphatic carbocycles. The Morgan fingerprint density at radius 3 is 2.61 bits per heavy atom. The van der Waals surface area contributed by atoms with Gasteiger partial charge in [-0.1, -0.05) is 0 Å². The van der Waals surface area contributed by atoms with Crippen LogP contribution in [0.5, 0.6) is 0 Å². The fraction of sp³-hybridized carbons (Fsp3) is 0.500. The van der Waals surface area contributed by atoms with Crippen molar-refractivity contribution in [3.63, 3.8) is 0 Å². The summed E-state index contributed by atoms with van der Waals surface area (Å²) in [4.78, 5) is 0.0791. The maximum absolute atomic E-state index is 12.7. The molecular formula is C12H16FNO3S. The molecule has 1 aliphatic heterocycles. The van der Waals surface area contributed by atoms with Crippen molar-refractivity contribution in [1.82, 2.24) is 4.72 Å². The summed E-state index contributed by atoms with van der Waals surface area (Å²) in [6.07, 6.45) is 0.925. The van der Waals surface area contributed by atoms with Gasteiger partial charge < -0.3 is 4.74 Å². The van der Waals surface area contributed by atoms with E-state index in [9.17, 15) is 12.8 Å². The highest BCUT2D eigenvalue weighted by atomic mass is 32.2. The van der Waals surface area contributed by atoms with E-state index in [0.29, 0.717) is 13.2 Å². The second kappa shape index (κ2) is 5.34. The largest absolute Gasteiger partial charge is 0.378 e. The van der Waals surface area contributed by atoms with Gasteiger partial charge in [0.05, 0.1) is 11.0 Å². The van der Waals surface area contributed by atoms with Crippen LogP contribution in [0.2, 0.25) is 0 Å². The van der Waals surface area contributed by atoms with Crippen LogP contribution in [0.15, 0.2) is 29.2 Å². The molecule has 2 atom stereocenters. The summed E-state index contributed by atoms with van der Waals surface area (Å²) in [5, 5.41) is 0. The number of hydrogen-bond acceptors (Lipinski definition) is 3. The third-order valence-electron chi connectivity index (χ3n) is 3.19. The summed E-state index contributed by atoms with van der Waals surface area (Å²) in [7, 11) is -3.56. The maximum Gasteiger partial charge on any atom is 0.240 e. The molecule has 1 N–H and O–H groups in total. The van der Waals surface area contributed by atoms with Gasteiger partial charge in [-0.15, -0.1) is 0 Å². The molecule has 1 aromatic carbocycles. The molecule has 1 aromatic rings. The van der Waals surface area contributed by atoms with Crippen LogP contribution in [0.4, 0.5) is 4.39 Å². The van der Waals surface area contributed by atoms with Crippen molar-refractivity contribution in [2.75, 3.05) is 13.2 Å². The molecule has 0 radical (unpaired) electrons. The molecule has 2 rings (SSSR count). The highest BCUT2D eigenvalue weighted by Gasteiger charge is 2.26. The molecule has 0 aromatic heterocycles. The van der Waals surface area contributed by atoms with Crippen molar-refractivity contribution in [3.8, 4) is 0 Å². The van der Waals surface area contributed by atoms with E-state index in [1.165, 1.54) is 12.1 Å². The second-order valence-corrected chi connectivity index (χ2v) is 6.20. The van der Waals surface area contributed by atoms with Crippen LogP contribution in [0.25, 0.3) is 0 Å². The Kier molecular flexibility index (Phi) is 3.99. The normalized spacial score (nSPS) is 24.3. The lowest BCUT2D eigenvalue weighted by molar-refractivity contribution is 0.107. The Morgan fingerprint density at radius 2 is 2.06 bits per heavy atom. The zero-order chi connectivity index (χ0) is 13.2. The van der Waals surface area contributed by atoms with E-state index in [4.69, 9.17) is 4.74 Å². The fourth-order valence-corrected chi connectivity index (χ4v) is 3.05. The first-order valence-corrected chi connectivity index (χ1v) is 7.34. The van der Waals surface area contributed by atoms with Crippen molar-refractivity contribution in [3.05, 3.63) is 30.1 Å². The van der Waals surface area contributed by atoms with Crippen LogP contribution in [-0.2, 0) is 14.8 Å². The number of ether oxygens (including phenoxy) is 1. The molecule has 0 saturated carbocycles. The first-order valence-electron chi connectivity index (χ1n) is 5.86. The number of rotatable bonds is 4. The van der Waals surface area contributed by atoms with Crippen molar-refractivity contribution in [2.24, 2.45) is 5.92 Å². The van der Waals surface area contributed by atoms with Crippen LogP contribution in [0.1, 0.15) is 13.3 Å². The topological polar surface area (TPSA) is 55.4 Å². The lowest BCUT2D eigenvalue weighted by Crippen LogP contribution is -2.32. The van der Waals surface area contributed by atoms with E-state index in [2.05, 4.69) is 4.72 Å². The van der Waals surface area contributed by atoms with Gasteiger partial charge in [-0.2, -0.15) is 0 Å². The zero-order valence-electron chi connectivity index (χ0n) is 10.1. The number of sulfonamides is 1. The Hall–Kier alpha value is -0.980. The fourth-order valence-electron chi connectivity index (χ4n) is 1.96. The minimum absolute atomic E-state index is 0.0703. The second-order valence-electron chi connectivity index (χ2n) is 4.43. The van der Waals surface area contributed by atoms with Gasteiger partial charge in [-0.3, -0.25) is 0 Å². The molecule has 2 unspecified atom stereocenters. The monoisotopic (exact) mass is 273 g/mol. The molecule has 1 fully saturated rings. The van der Waals surface area contributed by atoms with E-state index in [1.807, 2.05) is 6.92 Å². The van der Waals surface area contributed by atoms with E-state index < -0.39 is 15.8 Å². The number of nitrogens with one attached hydrogen (secondary N) is 1. The first kappa shape index (κ1) is 13.5. The van der Waals surface area contributed by atoms with E-state index >= 15 is 0 Å². The van der Waals surface area contributed by atoms with Crippen molar-refractivity contribution < 1.29 is 17.5 Å². The summed E-state index contributed by atoms with van der Waals surface area (Å²) in [5.74, 6) is -0.257. The minimum Gasteiger partial charge on any atom is -0.378 e. The van der Waals surface area contributed by atoms with Gasteiger partial charge in [-0.25, -0.2) is 17.5 Å². The lowest BCUT2D eigenvalue weighted by atomic mass is 10.0. The van der Waals surface area contributed by atoms with Crippen molar-refractivity contribution in [2.45, 2.75) is 24.3 Å². The van der Waals surface area contributed by atoms with Crippen LogP contribution in [0, 0.1) is 11.7 Å². The summed E-state index contributed by atoms with van der Waals surface area (Å²) >= 11 is 0. The Morgan fingerprint density at radius 1 is 1.39 bits per heavy atom. The van der Waals surface area contributed by atoms with Crippen LogP contribution in [0.3, 0.4) is 0 Å². The molecule has 100 valence electrons. The molecule has 4 nitrogen and oxygen atoms in total. The summed E-state index contributed by atoms with van der Waals surface area (Å²) in [6.45, 7) is 2.95. The van der Waals surface area contributed by atoms with E-state index in [1.54, 1.807) is 0 Å². The smallest absolute Gasteiger partial charge is 0.240 e. The predicted octanol–water partition coefficient (Wildman–Crippen LogP) is 1.53. The predicted molar refractivity (Wildman–Crippen MR) is 65.1 cm³/mol. The molecule has 1 aliphatic rings. The molecule has 6 heteroatoms. The Labute approximate surface area is 106 Å².